The largest absolute Gasteiger partial charge is 0.496 e. The third-order valence-electron chi connectivity index (χ3n) is 5.06. The van der Waals surface area contributed by atoms with Gasteiger partial charge in [0.2, 0.25) is 5.91 Å². The van der Waals surface area contributed by atoms with Gasteiger partial charge in [-0.1, -0.05) is 41.9 Å². The number of methoxy groups -OCH3 is 1. The van der Waals surface area contributed by atoms with Crippen LogP contribution >= 0.6 is 11.6 Å². The highest BCUT2D eigenvalue weighted by molar-refractivity contribution is 6.30. The lowest BCUT2D eigenvalue weighted by molar-refractivity contribution is -0.133. The fraction of sp³-hybridized carbons (Fsp3) is 0.409. The standard InChI is InChI=1S/C22H27ClN2O2/c1-27-21-11-10-20(23)16-19(21)17-24-12-14-25(15-13-24)22(26)9-5-8-18-6-3-2-4-7-18/h2-4,6-7,10-11,16H,5,8-9,12-15,17H2,1H3. The Labute approximate surface area is 166 Å². The lowest BCUT2D eigenvalue weighted by atomic mass is 10.1. The van der Waals surface area contributed by atoms with Crippen molar-refractivity contribution in [2.24, 2.45) is 0 Å². The molecule has 0 atom stereocenters. The third-order valence-corrected chi connectivity index (χ3v) is 5.30. The molecule has 0 saturated carbocycles. The zero-order valence-corrected chi connectivity index (χ0v) is 16.6. The van der Waals surface area contributed by atoms with Gasteiger partial charge in [-0.05, 0) is 36.6 Å². The van der Waals surface area contributed by atoms with E-state index in [2.05, 4.69) is 17.0 Å². The van der Waals surface area contributed by atoms with Gasteiger partial charge in [0, 0.05) is 49.7 Å². The first-order chi connectivity index (χ1) is 13.2. The van der Waals surface area contributed by atoms with Crippen molar-refractivity contribution < 1.29 is 9.53 Å². The van der Waals surface area contributed by atoms with Crippen molar-refractivity contribution in [1.29, 1.82) is 0 Å². The molecule has 1 aliphatic rings. The molecule has 4 nitrogen and oxygen atoms in total. The Bertz CT molecular complexity index is 743. The number of amides is 1. The fourth-order valence-corrected chi connectivity index (χ4v) is 3.71. The van der Waals surface area contributed by atoms with Crippen LogP contribution in [0.1, 0.15) is 24.0 Å². The van der Waals surface area contributed by atoms with E-state index in [1.807, 2.05) is 41.3 Å². The first kappa shape index (κ1) is 19.7. The maximum absolute atomic E-state index is 12.5. The van der Waals surface area contributed by atoms with Crippen molar-refractivity contribution >= 4 is 17.5 Å². The SMILES string of the molecule is COc1ccc(Cl)cc1CN1CCN(C(=O)CCCc2ccccc2)CC1. The average molecular weight is 387 g/mol. The molecule has 144 valence electrons. The maximum Gasteiger partial charge on any atom is 0.222 e. The molecule has 0 radical (unpaired) electrons. The summed E-state index contributed by atoms with van der Waals surface area (Å²) in [6, 6.07) is 16.1. The number of hydrogen-bond acceptors (Lipinski definition) is 3. The van der Waals surface area contributed by atoms with Gasteiger partial charge in [0.05, 0.1) is 7.11 Å². The van der Waals surface area contributed by atoms with Gasteiger partial charge >= 0.3 is 0 Å². The number of ether oxygens (including phenoxy) is 1. The number of rotatable bonds is 7. The van der Waals surface area contributed by atoms with Gasteiger partial charge in [-0.3, -0.25) is 9.69 Å². The van der Waals surface area contributed by atoms with Crippen molar-refractivity contribution in [3.05, 3.63) is 64.7 Å². The molecule has 2 aromatic rings. The van der Waals surface area contributed by atoms with Gasteiger partial charge in [-0.25, -0.2) is 0 Å². The summed E-state index contributed by atoms with van der Waals surface area (Å²) in [5.41, 5.74) is 2.39. The summed E-state index contributed by atoms with van der Waals surface area (Å²) in [6.07, 6.45) is 2.49. The molecule has 0 aromatic heterocycles. The van der Waals surface area contributed by atoms with Crippen molar-refractivity contribution in [3.8, 4) is 5.75 Å². The van der Waals surface area contributed by atoms with E-state index in [1.165, 1.54) is 5.56 Å². The summed E-state index contributed by atoms with van der Waals surface area (Å²) < 4.78 is 5.43. The Morgan fingerprint density at radius 2 is 1.81 bits per heavy atom. The summed E-state index contributed by atoms with van der Waals surface area (Å²) >= 11 is 6.12. The van der Waals surface area contributed by atoms with E-state index in [4.69, 9.17) is 16.3 Å². The molecule has 2 aromatic carbocycles. The number of halogens is 1. The van der Waals surface area contributed by atoms with E-state index in [0.717, 1.165) is 61.9 Å². The Morgan fingerprint density at radius 3 is 2.52 bits per heavy atom. The van der Waals surface area contributed by atoms with Crippen LogP contribution in [0.15, 0.2) is 48.5 Å². The third kappa shape index (κ3) is 5.72. The Morgan fingerprint density at radius 1 is 1.07 bits per heavy atom. The topological polar surface area (TPSA) is 32.8 Å². The molecular weight excluding hydrogens is 360 g/mol. The van der Waals surface area contributed by atoms with E-state index in [1.54, 1.807) is 7.11 Å². The average Bonchev–Trinajstić information content (AvgIpc) is 2.69. The number of nitrogens with zero attached hydrogens (tertiary/aromatic N) is 2. The Kier molecular flexibility index (Phi) is 7.13. The van der Waals surface area contributed by atoms with Crippen LogP contribution in [0, 0.1) is 0 Å². The predicted molar refractivity (Wildman–Crippen MR) is 109 cm³/mol. The Hall–Kier alpha value is -2.04. The molecule has 1 fully saturated rings. The van der Waals surface area contributed by atoms with Gasteiger partial charge in [0.25, 0.3) is 0 Å². The van der Waals surface area contributed by atoms with Crippen LogP contribution in [0.4, 0.5) is 0 Å². The van der Waals surface area contributed by atoms with E-state index >= 15 is 0 Å². The lowest BCUT2D eigenvalue weighted by Crippen LogP contribution is -2.48. The molecule has 0 N–H and O–H groups in total. The van der Waals surface area contributed by atoms with E-state index in [0.29, 0.717) is 6.42 Å². The van der Waals surface area contributed by atoms with Crippen LogP contribution in [0.5, 0.6) is 5.75 Å². The smallest absolute Gasteiger partial charge is 0.222 e. The van der Waals surface area contributed by atoms with Crippen LogP contribution in [0.2, 0.25) is 5.02 Å². The Balaban J connectivity index is 1.43. The van der Waals surface area contributed by atoms with Crippen LogP contribution in [-0.4, -0.2) is 49.0 Å². The summed E-state index contributed by atoms with van der Waals surface area (Å²) in [5.74, 6) is 1.13. The minimum Gasteiger partial charge on any atom is -0.496 e. The number of aryl methyl sites for hydroxylation is 1. The lowest BCUT2D eigenvalue weighted by Gasteiger charge is -2.35. The summed E-state index contributed by atoms with van der Waals surface area (Å²) in [5, 5.41) is 0.720. The number of piperazine rings is 1. The van der Waals surface area contributed by atoms with Gasteiger partial charge < -0.3 is 9.64 Å². The van der Waals surface area contributed by atoms with E-state index in [-0.39, 0.29) is 5.91 Å². The second kappa shape index (κ2) is 9.77. The number of carbonyl (C=O) groups excluding carboxylic acids is 1. The van der Waals surface area contributed by atoms with Crippen molar-refractivity contribution in [3.63, 3.8) is 0 Å². The van der Waals surface area contributed by atoms with Gasteiger partial charge in [-0.2, -0.15) is 0 Å². The quantitative estimate of drug-likeness (QED) is 0.720. The molecular formula is C22H27ClN2O2. The van der Waals surface area contributed by atoms with Crippen molar-refractivity contribution in [2.45, 2.75) is 25.8 Å². The van der Waals surface area contributed by atoms with Crippen molar-refractivity contribution in [1.82, 2.24) is 9.80 Å². The number of carbonyl (C=O) groups is 1. The van der Waals surface area contributed by atoms with Gasteiger partial charge in [0.1, 0.15) is 5.75 Å². The van der Waals surface area contributed by atoms with Gasteiger partial charge in [-0.15, -0.1) is 0 Å². The first-order valence-electron chi connectivity index (χ1n) is 9.52. The molecule has 5 heteroatoms. The molecule has 3 rings (SSSR count). The van der Waals surface area contributed by atoms with E-state index < -0.39 is 0 Å². The zero-order valence-electron chi connectivity index (χ0n) is 15.9. The first-order valence-corrected chi connectivity index (χ1v) is 9.90. The minimum absolute atomic E-state index is 0.269. The second-order valence-corrected chi connectivity index (χ2v) is 7.39. The van der Waals surface area contributed by atoms with Crippen LogP contribution in [-0.2, 0) is 17.8 Å². The molecule has 0 bridgehead atoms. The highest BCUT2D eigenvalue weighted by Crippen LogP contribution is 2.24. The predicted octanol–water partition coefficient (Wildman–Crippen LogP) is 4.02. The molecule has 0 aliphatic carbocycles. The molecule has 27 heavy (non-hydrogen) atoms. The van der Waals surface area contributed by atoms with Crippen LogP contribution in [0.3, 0.4) is 0 Å². The van der Waals surface area contributed by atoms with E-state index in [9.17, 15) is 4.79 Å². The van der Waals surface area contributed by atoms with Crippen LogP contribution < -0.4 is 4.74 Å². The molecule has 1 heterocycles. The molecule has 0 spiro atoms. The highest BCUT2D eigenvalue weighted by Gasteiger charge is 2.21. The molecule has 1 aliphatic heterocycles. The highest BCUT2D eigenvalue weighted by atomic mass is 35.5. The minimum atomic E-state index is 0.269. The second-order valence-electron chi connectivity index (χ2n) is 6.95. The number of benzene rings is 2. The van der Waals surface area contributed by atoms with Gasteiger partial charge in [0.15, 0.2) is 0 Å². The summed E-state index contributed by atoms with van der Waals surface area (Å²) in [6.45, 7) is 4.11. The van der Waals surface area contributed by atoms with Crippen LogP contribution in [0.25, 0.3) is 0 Å². The number of hydrogen-bond donors (Lipinski definition) is 0. The van der Waals surface area contributed by atoms with Crippen molar-refractivity contribution in [2.75, 3.05) is 33.3 Å². The molecule has 0 unspecified atom stereocenters. The molecule has 1 amide bonds. The molecule has 1 saturated heterocycles. The zero-order chi connectivity index (χ0) is 19.1. The summed E-state index contributed by atoms with van der Waals surface area (Å²) in [7, 11) is 1.68. The monoisotopic (exact) mass is 386 g/mol. The maximum atomic E-state index is 12.5. The summed E-state index contributed by atoms with van der Waals surface area (Å²) in [4.78, 5) is 16.8. The normalized spacial score (nSPS) is 15.0. The fourth-order valence-electron chi connectivity index (χ4n) is 3.51.